The average Bonchev–Trinajstić information content (AvgIpc) is 2.98. The van der Waals surface area contributed by atoms with Gasteiger partial charge in [0, 0.05) is 22.4 Å². The van der Waals surface area contributed by atoms with Gasteiger partial charge in [-0.2, -0.15) is 5.26 Å². The van der Waals surface area contributed by atoms with Gasteiger partial charge in [-0.1, -0.05) is 0 Å². The van der Waals surface area contributed by atoms with Crippen LogP contribution < -0.4 is 15.1 Å². The van der Waals surface area contributed by atoms with E-state index in [1.165, 1.54) is 42.3 Å². The Morgan fingerprint density at radius 2 is 2.07 bits per heavy atom. The van der Waals surface area contributed by atoms with Gasteiger partial charge in [0.25, 0.3) is 11.8 Å². The van der Waals surface area contributed by atoms with Gasteiger partial charge in [-0.05, 0) is 86.3 Å². The Kier molecular flexibility index (Phi) is 3.54. The van der Waals surface area contributed by atoms with E-state index in [9.17, 15) is 14.9 Å². The highest BCUT2D eigenvalue weighted by Crippen LogP contribution is 2.47. The summed E-state index contributed by atoms with van der Waals surface area (Å²) in [7, 11) is 1.48. The molecule has 1 spiro atoms. The minimum atomic E-state index is -2.53. The van der Waals surface area contributed by atoms with Crippen LogP contribution in [0, 0.1) is 18.2 Å². The zero-order chi connectivity index (χ0) is 24.1. The van der Waals surface area contributed by atoms with Crippen LogP contribution in [-0.2, 0) is 4.79 Å². The molecule has 1 saturated heterocycles. The molecule has 0 atom stereocenters. The standard InChI is InChI=1S/C22H20N4O2S/c1-14-12-18(9-6-16(14)13-23)25-20(28)22(10-3-11-22)26(21(25)29)17-7-4-15(5-8-17)19(27)24-2/h4-9,12H,3,10-11H2,1-2H3,(H,24,27)/i1D3,4D. The third-order valence-corrected chi connectivity index (χ3v) is 5.87. The number of benzene rings is 2. The van der Waals surface area contributed by atoms with Crippen molar-refractivity contribution in [2.75, 3.05) is 16.8 Å². The van der Waals surface area contributed by atoms with E-state index in [-0.39, 0.29) is 45.3 Å². The maximum Gasteiger partial charge on any atom is 0.259 e. The molecule has 2 aromatic rings. The molecule has 0 unspecified atom stereocenters. The Bertz CT molecular complexity index is 1230. The SMILES string of the molecule is [2H]c1cc(N2C(=S)N(c3ccc(C#N)c(C([2H])([2H])[2H])c3)C(=O)C23CCC3)ccc1C(=O)NC. The van der Waals surface area contributed by atoms with Crippen LogP contribution in [0.25, 0.3) is 0 Å². The normalized spacial score (nSPS) is 19.7. The first-order valence-electron chi connectivity index (χ1n) is 11.1. The summed E-state index contributed by atoms with van der Waals surface area (Å²) in [6.07, 6.45) is 1.92. The van der Waals surface area contributed by atoms with E-state index in [0.717, 1.165) is 6.42 Å². The van der Waals surface area contributed by atoms with E-state index in [0.29, 0.717) is 18.5 Å². The van der Waals surface area contributed by atoms with Crippen molar-refractivity contribution in [3.05, 3.63) is 59.1 Å². The van der Waals surface area contributed by atoms with E-state index >= 15 is 0 Å². The molecule has 6 nitrogen and oxygen atoms in total. The maximum atomic E-state index is 13.6. The lowest BCUT2D eigenvalue weighted by atomic mass is 9.75. The highest BCUT2D eigenvalue weighted by Gasteiger charge is 2.59. The first kappa shape index (κ1) is 14.7. The lowest BCUT2D eigenvalue weighted by Crippen LogP contribution is -2.55. The van der Waals surface area contributed by atoms with Crippen molar-refractivity contribution in [3.63, 3.8) is 0 Å². The van der Waals surface area contributed by atoms with E-state index in [2.05, 4.69) is 5.32 Å². The zero-order valence-corrected chi connectivity index (χ0v) is 16.5. The van der Waals surface area contributed by atoms with Gasteiger partial charge < -0.3 is 10.2 Å². The Morgan fingerprint density at radius 3 is 2.66 bits per heavy atom. The number of amides is 2. The van der Waals surface area contributed by atoms with Crippen LogP contribution in [-0.4, -0.2) is 29.5 Å². The molecule has 1 aliphatic heterocycles. The first-order valence-corrected chi connectivity index (χ1v) is 9.52. The molecule has 2 fully saturated rings. The fourth-order valence-corrected chi connectivity index (χ4v) is 4.28. The van der Waals surface area contributed by atoms with Crippen LogP contribution in [0.15, 0.2) is 42.4 Å². The van der Waals surface area contributed by atoms with Gasteiger partial charge in [0.15, 0.2) is 5.11 Å². The molecule has 29 heavy (non-hydrogen) atoms. The average molecular weight is 409 g/mol. The van der Waals surface area contributed by atoms with Crippen molar-refractivity contribution in [1.29, 1.82) is 5.26 Å². The minimum Gasteiger partial charge on any atom is -0.355 e. The number of thiocarbonyl (C=S) groups is 1. The van der Waals surface area contributed by atoms with Gasteiger partial charge in [-0.25, -0.2) is 0 Å². The summed E-state index contributed by atoms with van der Waals surface area (Å²) < 4.78 is 31.5. The van der Waals surface area contributed by atoms with Crippen molar-refractivity contribution in [3.8, 4) is 6.07 Å². The predicted octanol–water partition coefficient (Wildman–Crippen LogP) is 3.29. The summed E-state index contributed by atoms with van der Waals surface area (Å²) >= 11 is 5.69. The summed E-state index contributed by atoms with van der Waals surface area (Å²) in [6.45, 7) is -2.53. The number of hydrogen-bond acceptors (Lipinski definition) is 4. The highest BCUT2D eigenvalue weighted by molar-refractivity contribution is 7.81. The second-order valence-corrected chi connectivity index (χ2v) is 7.39. The van der Waals surface area contributed by atoms with Crippen molar-refractivity contribution in [1.82, 2.24) is 5.32 Å². The molecule has 1 aliphatic carbocycles. The fraction of sp³-hybridized carbons (Fsp3) is 0.273. The maximum absolute atomic E-state index is 13.6. The van der Waals surface area contributed by atoms with Gasteiger partial charge in [0.1, 0.15) is 5.54 Å². The molecule has 2 aliphatic rings. The first-order chi connectivity index (χ1) is 15.5. The number of aryl methyl sites for hydroxylation is 1. The lowest BCUT2D eigenvalue weighted by molar-refractivity contribution is -0.123. The number of anilines is 2. The molecule has 2 amide bonds. The zero-order valence-electron chi connectivity index (χ0n) is 19.7. The molecule has 7 heteroatoms. The quantitative estimate of drug-likeness (QED) is 0.789. The third-order valence-electron chi connectivity index (χ3n) is 5.50. The molecule has 146 valence electrons. The lowest BCUT2D eigenvalue weighted by Gasteiger charge is -2.43. The van der Waals surface area contributed by atoms with Crippen LogP contribution in [0.4, 0.5) is 11.4 Å². The fourth-order valence-electron chi connectivity index (χ4n) is 3.81. The molecule has 2 aromatic carbocycles. The summed E-state index contributed by atoms with van der Waals surface area (Å²) in [4.78, 5) is 28.6. The largest absolute Gasteiger partial charge is 0.355 e. The minimum absolute atomic E-state index is 0.00177. The Balaban J connectivity index is 1.80. The van der Waals surface area contributed by atoms with Gasteiger partial charge >= 0.3 is 0 Å². The topological polar surface area (TPSA) is 76.4 Å². The van der Waals surface area contributed by atoms with Gasteiger partial charge in [-0.15, -0.1) is 0 Å². The van der Waals surface area contributed by atoms with Crippen molar-refractivity contribution < 1.29 is 15.1 Å². The molecule has 1 heterocycles. The molecule has 0 aromatic heterocycles. The molecule has 1 N–H and O–H groups in total. The summed E-state index contributed by atoms with van der Waals surface area (Å²) in [6, 6.07) is 10.8. The van der Waals surface area contributed by atoms with Crippen LogP contribution >= 0.6 is 12.2 Å². The number of rotatable bonds is 3. The van der Waals surface area contributed by atoms with Crippen LogP contribution in [0.1, 0.15) is 46.2 Å². The Hall–Kier alpha value is -3.24. The Morgan fingerprint density at radius 1 is 1.31 bits per heavy atom. The van der Waals surface area contributed by atoms with Crippen LogP contribution in [0.5, 0.6) is 0 Å². The molecule has 4 rings (SSSR count). The van der Waals surface area contributed by atoms with E-state index in [1.807, 2.05) is 6.07 Å². The van der Waals surface area contributed by atoms with Gasteiger partial charge in [0.2, 0.25) is 0 Å². The summed E-state index contributed by atoms with van der Waals surface area (Å²) in [5.74, 6) is -0.664. The number of nitrogens with one attached hydrogen (secondary N) is 1. The van der Waals surface area contributed by atoms with Crippen LogP contribution in [0.3, 0.4) is 0 Å². The summed E-state index contributed by atoms with van der Waals surface area (Å²) in [5.41, 5.74) is -0.0780. The molecule has 0 radical (unpaired) electrons. The number of carbonyl (C=O) groups is 2. The monoisotopic (exact) mass is 408 g/mol. The van der Waals surface area contributed by atoms with E-state index in [1.54, 1.807) is 11.0 Å². The van der Waals surface area contributed by atoms with Crippen molar-refractivity contribution in [2.24, 2.45) is 0 Å². The van der Waals surface area contributed by atoms with Crippen molar-refractivity contribution >= 4 is 40.5 Å². The predicted molar refractivity (Wildman–Crippen MR) is 115 cm³/mol. The summed E-state index contributed by atoms with van der Waals surface area (Å²) in [5, 5.41) is 12.0. The number of nitrogens with zero attached hydrogens (tertiary/aromatic N) is 3. The van der Waals surface area contributed by atoms with Gasteiger partial charge in [-0.3, -0.25) is 14.5 Å². The van der Waals surface area contributed by atoms with E-state index in [4.69, 9.17) is 17.7 Å². The van der Waals surface area contributed by atoms with Gasteiger partial charge in [0.05, 0.1) is 18.7 Å². The molecular weight excluding hydrogens is 384 g/mol. The second-order valence-electron chi connectivity index (χ2n) is 7.03. The van der Waals surface area contributed by atoms with Crippen LogP contribution in [0.2, 0.25) is 0 Å². The number of hydrogen-bond donors (Lipinski definition) is 1. The second kappa shape index (κ2) is 6.98. The smallest absolute Gasteiger partial charge is 0.259 e. The molecule has 0 bridgehead atoms. The van der Waals surface area contributed by atoms with Crippen molar-refractivity contribution in [2.45, 2.75) is 31.7 Å². The Labute approximate surface area is 180 Å². The number of nitriles is 1. The number of carbonyl (C=O) groups excluding carboxylic acids is 2. The molecular formula is C22H20N4O2S. The van der Waals surface area contributed by atoms with E-state index < -0.39 is 12.4 Å². The highest BCUT2D eigenvalue weighted by atomic mass is 32.1. The third kappa shape index (κ3) is 2.79. The molecule has 1 saturated carbocycles.